The zero-order valence-corrected chi connectivity index (χ0v) is 12.0. The average molecular weight is 297 g/mol. The molecule has 1 aromatic rings. The molecule has 0 aliphatic heterocycles. The molecule has 21 heavy (non-hydrogen) atoms. The fourth-order valence-corrected chi connectivity index (χ4v) is 1.53. The number of nitrogens with zero attached hydrogens (tertiary/aromatic N) is 2. The molecule has 0 aliphatic carbocycles. The van der Waals surface area contributed by atoms with Gasteiger partial charge in [-0.25, -0.2) is 4.98 Å². The Hall–Kier alpha value is -2.42. The van der Waals surface area contributed by atoms with Gasteiger partial charge in [0.25, 0.3) is 0 Å². The molecular weight excluding hydrogens is 278 g/mol. The van der Waals surface area contributed by atoms with E-state index in [0.717, 1.165) is 0 Å². The Morgan fingerprint density at radius 1 is 1.43 bits per heavy atom. The molecule has 0 saturated heterocycles. The largest absolute Gasteiger partial charge is 0.383 e. The molecule has 116 valence electrons. The van der Waals surface area contributed by atoms with Crippen molar-refractivity contribution in [1.29, 1.82) is 0 Å². The van der Waals surface area contributed by atoms with Crippen LogP contribution in [0, 0.1) is 10.1 Å². The van der Waals surface area contributed by atoms with E-state index in [-0.39, 0.29) is 24.0 Å². The van der Waals surface area contributed by atoms with Gasteiger partial charge in [0.05, 0.1) is 18.1 Å². The summed E-state index contributed by atoms with van der Waals surface area (Å²) in [5.74, 6) is 0.266. The van der Waals surface area contributed by atoms with Crippen LogP contribution in [-0.2, 0) is 9.53 Å². The third-order valence-electron chi connectivity index (χ3n) is 2.47. The number of amides is 1. The van der Waals surface area contributed by atoms with Crippen LogP contribution >= 0.6 is 0 Å². The number of aromatic nitrogens is 1. The standard InChI is InChI=1S/C12H19N5O4/c1-3-13-10-5-4-9(17(19)20)12(16-10)15-8-11(18)14-6-7-21-2/h4-5H,3,6-8H2,1-2H3,(H,14,18)(H2,13,15,16). The molecule has 0 fully saturated rings. The molecule has 0 aliphatic rings. The lowest BCUT2D eigenvalue weighted by Crippen LogP contribution is -2.32. The van der Waals surface area contributed by atoms with Crippen molar-refractivity contribution in [2.45, 2.75) is 6.92 Å². The van der Waals surface area contributed by atoms with Crippen molar-refractivity contribution in [3.8, 4) is 0 Å². The number of carbonyl (C=O) groups excluding carboxylic acids is 1. The van der Waals surface area contributed by atoms with Crippen molar-refractivity contribution in [3.63, 3.8) is 0 Å². The first-order valence-corrected chi connectivity index (χ1v) is 6.47. The lowest BCUT2D eigenvalue weighted by atomic mass is 10.3. The molecule has 1 amide bonds. The molecule has 0 spiro atoms. The van der Waals surface area contributed by atoms with Gasteiger partial charge in [-0.3, -0.25) is 14.9 Å². The first-order valence-electron chi connectivity index (χ1n) is 6.47. The van der Waals surface area contributed by atoms with Crippen molar-refractivity contribution in [2.75, 3.05) is 44.0 Å². The Morgan fingerprint density at radius 2 is 2.19 bits per heavy atom. The highest BCUT2D eigenvalue weighted by Crippen LogP contribution is 2.23. The van der Waals surface area contributed by atoms with E-state index in [9.17, 15) is 14.9 Å². The summed E-state index contributed by atoms with van der Waals surface area (Å²) in [7, 11) is 1.53. The summed E-state index contributed by atoms with van der Waals surface area (Å²) in [6, 6.07) is 2.86. The fourth-order valence-electron chi connectivity index (χ4n) is 1.53. The van der Waals surface area contributed by atoms with E-state index < -0.39 is 4.92 Å². The van der Waals surface area contributed by atoms with Crippen molar-refractivity contribution in [2.24, 2.45) is 0 Å². The van der Waals surface area contributed by atoms with E-state index in [1.165, 1.54) is 19.2 Å². The van der Waals surface area contributed by atoms with Gasteiger partial charge in [0, 0.05) is 26.3 Å². The summed E-state index contributed by atoms with van der Waals surface area (Å²) in [6.07, 6.45) is 0. The van der Waals surface area contributed by atoms with E-state index in [1.54, 1.807) is 0 Å². The number of carbonyl (C=O) groups is 1. The first kappa shape index (κ1) is 16.6. The Morgan fingerprint density at radius 3 is 2.81 bits per heavy atom. The molecule has 0 saturated carbocycles. The smallest absolute Gasteiger partial charge is 0.311 e. The van der Waals surface area contributed by atoms with Gasteiger partial charge < -0.3 is 20.7 Å². The Kier molecular flexibility index (Phi) is 6.88. The maximum atomic E-state index is 11.5. The van der Waals surface area contributed by atoms with Crippen LogP contribution in [0.2, 0.25) is 0 Å². The minimum absolute atomic E-state index is 0.0559. The molecule has 0 bridgehead atoms. The van der Waals surface area contributed by atoms with E-state index in [1.807, 2.05) is 6.92 Å². The molecule has 0 atom stereocenters. The summed E-state index contributed by atoms with van der Waals surface area (Å²) in [6.45, 7) is 3.21. The average Bonchev–Trinajstić information content (AvgIpc) is 2.45. The molecular formula is C12H19N5O4. The minimum Gasteiger partial charge on any atom is -0.383 e. The van der Waals surface area contributed by atoms with Crippen LogP contribution in [-0.4, -0.2) is 49.2 Å². The SMILES string of the molecule is CCNc1ccc([N+](=O)[O-])c(NCC(=O)NCCOC)n1. The van der Waals surface area contributed by atoms with Crippen LogP contribution in [0.4, 0.5) is 17.3 Å². The maximum Gasteiger partial charge on any atom is 0.311 e. The van der Waals surface area contributed by atoms with Crippen molar-refractivity contribution in [3.05, 3.63) is 22.2 Å². The predicted molar refractivity (Wildman–Crippen MR) is 78.4 cm³/mol. The van der Waals surface area contributed by atoms with Crippen LogP contribution in [0.3, 0.4) is 0 Å². The second kappa shape index (κ2) is 8.69. The third-order valence-corrected chi connectivity index (χ3v) is 2.47. The van der Waals surface area contributed by atoms with Crippen molar-refractivity contribution in [1.82, 2.24) is 10.3 Å². The van der Waals surface area contributed by atoms with Gasteiger partial charge in [0.2, 0.25) is 11.7 Å². The second-order valence-corrected chi connectivity index (χ2v) is 4.05. The zero-order chi connectivity index (χ0) is 15.7. The van der Waals surface area contributed by atoms with Crippen LogP contribution in [0.1, 0.15) is 6.92 Å². The van der Waals surface area contributed by atoms with Gasteiger partial charge in [-0.1, -0.05) is 0 Å². The second-order valence-electron chi connectivity index (χ2n) is 4.05. The molecule has 1 rings (SSSR count). The van der Waals surface area contributed by atoms with Crippen molar-refractivity contribution >= 4 is 23.2 Å². The number of nitro groups is 1. The quantitative estimate of drug-likeness (QED) is 0.347. The summed E-state index contributed by atoms with van der Waals surface area (Å²) >= 11 is 0. The number of pyridine rings is 1. The minimum atomic E-state index is -0.548. The Labute approximate surface area is 122 Å². The number of ether oxygens (including phenoxy) is 1. The highest BCUT2D eigenvalue weighted by Gasteiger charge is 2.16. The van der Waals surface area contributed by atoms with E-state index in [4.69, 9.17) is 4.74 Å². The van der Waals surface area contributed by atoms with Crippen LogP contribution in [0.5, 0.6) is 0 Å². The van der Waals surface area contributed by atoms with Gasteiger partial charge in [0.1, 0.15) is 5.82 Å². The summed E-state index contributed by atoms with van der Waals surface area (Å²) < 4.78 is 4.80. The topological polar surface area (TPSA) is 118 Å². The Balaban J connectivity index is 2.68. The van der Waals surface area contributed by atoms with Crippen LogP contribution < -0.4 is 16.0 Å². The molecule has 0 aromatic carbocycles. The normalized spacial score (nSPS) is 10.0. The van der Waals surface area contributed by atoms with E-state index >= 15 is 0 Å². The monoisotopic (exact) mass is 297 g/mol. The number of anilines is 2. The highest BCUT2D eigenvalue weighted by molar-refractivity contribution is 5.81. The number of nitrogens with one attached hydrogen (secondary N) is 3. The molecule has 9 nitrogen and oxygen atoms in total. The van der Waals surface area contributed by atoms with Gasteiger partial charge in [-0.2, -0.15) is 0 Å². The third kappa shape index (κ3) is 5.61. The first-order chi connectivity index (χ1) is 10.1. The van der Waals surface area contributed by atoms with Gasteiger partial charge in [-0.15, -0.1) is 0 Å². The van der Waals surface area contributed by atoms with Gasteiger partial charge >= 0.3 is 5.69 Å². The van der Waals surface area contributed by atoms with Gasteiger partial charge in [-0.05, 0) is 13.0 Å². The number of methoxy groups -OCH3 is 1. The summed E-state index contributed by atoms with van der Waals surface area (Å²) in [5.41, 5.74) is -0.179. The number of hydrogen-bond acceptors (Lipinski definition) is 7. The summed E-state index contributed by atoms with van der Waals surface area (Å²) in [4.78, 5) is 26.0. The number of hydrogen-bond donors (Lipinski definition) is 3. The van der Waals surface area contributed by atoms with Crippen molar-refractivity contribution < 1.29 is 14.5 Å². The number of rotatable bonds is 9. The molecule has 0 unspecified atom stereocenters. The van der Waals surface area contributed by atoms with Gasteiger partial charge in [0.15, 0.2) is 0 Å². The molecule has 9 heteroatoms. The molecule has 0 radical (unpaired) electrons. The lowest BCUT2D eigenvalue weighted by Gasteiger charge is -2.09. The molecule has 3 N–H and O–H groups in total. The molecule has 1 aromatic heterocycles. The predicted octanol–water partition coefficient (Wildman–Crippen LogP) is 0.596. The van der Waals surface area contributed by atoms with E-state index in [2.05, 4.69) is 20.9 Å². The Bertz CT molecular complexity index is 495. The van der Waals surface area contributed by atoms with E-state index in [0.29, 0.717) is 25.5 Å². The summed E-state index contributed by atoms with van der Waals surface area (Å²) in [5, 5.41) is 19.2. The van der Waals surface area contributed by atoms with Crippen LogP contribution in [0.25, 0.3) is 0 Å². The molecule has 1 heterocycles. The fraction of sp³-hybridized carbons (Fsp3) is 0.500. The lowest BCUT2D eigenvalue weighted by molar-refractivity contribution is -0.384. The van der Waals surface area contributed by atoms with Crippen LogP contribution in [0.15, 0.2) is 12.1 Å². The highest BCUT2D eigenvalue weighted by atomic mass is 16.6. The maximum absolute atomic E-state index is 11.5. The zero-order valence-electron chi connectivity index (χ0n) is 12.0.